The molecule has 26 heavy (non-hydrogen) atoms. The zero-order chi connectivity index (χ0) is 17.9. The Hall–Kier alpha value is -1.46. The van der Waals surface area contributed by atoms with Gasteiger partial charge in [0.05, 0.1) is 12.7 Å². The smallest absolute Gasteiger partial charge is 0.106 e. The van der Waals surface area contributed by atoms with Gasteiger partial charge in [-0.1, -0.05) is 47.5 Å². The summed E-state index contributed by atoms with van der Waals surface area (Å²) in [6, 6.07) is 14.0. The Kier molecular flexibility index (Phi) is 5.55. The number of nitrogens with zero attached hydrogens (tertiary/aromatic N) is 1. The summed E-state index contributed by atoms with van der Waals surface area (Å²) in [5.41, 5.74) is 2.06. The van der Waals surface area contributed by atoms with Crippen molar-refractivity contribution in [2.24, 2.45) is 5.92 Å². The van der Waals surface area contributed by atoms with Crippen molar-refractivity contribution < 1.29 is 4.74 Å². The molecule has 0 spiro atoms. The van der Waals surface area contributed by atoms with Gasteiger partial charge in [-0.3, -0.25) is 0 Å². The molecule has 1 N–H and O–H groups in total. The van der Waals surface area contributed by atoms with Gasteiger partial charge in [0, 0.05) is 51.0 Å². The van der Waals surface area contributed by atoms with Gasteiger partial charge >= 0.3 is 0 Å². The molecule has 2 atom stereocenters. The van der Waals surface area contributed by atoms with E-state index in [1.54, 1.807) is 6.20 Å². The van der Waals surface area contributed by atoms with Crippen molar-refractivity contribution in [1.29, 1.82) is 0 Å². The molecule has 0 radical (unpaired) electrons. The molecule has 0 amide bonds. The van der Waals surface area contributed by atoms with E-state index in [-0.39, 0.29) is 6.10 Å². The number of halogens is 2. The fourth-order valence-corrected chi connectivity index (χ4v) is 5.00. The molecule has 2 aromatic carbocycles. The Labute approximate surface area is 167 Å². The van der Waals surface area contributed by atoms with Crippen molar-refractivity contribution in [2.75, 3.05) is 5.75 Å². The summed E-state index contributed by atoms with van der Waals surface area (Å²) in [5.74, 6) is 2.29. The average Bonchev–Trinajstić information content (AvgIpc) is 3.15. The Morgan fingerprint density at radius 1 is 1.12 bits per heavy atom. The second-order valence-electron chi connectivity index (χ2n) is 6.28. The number of H-pyrrole nitrogens is 1. The first-order chi connectivity index (χ1) is 12.7. The lowest BCUT2D eigenvalue weighted by molar-refractivity contribution is 0.00182. The van der Waals surface area contributed by atoms with Crippen LogP contribution >= 0.6 is 35.0 Å². The molecule has 0 saturated carbocycles. The second kappa shape index (κ2) is 8.05. The van der Waals surface area contributed by atoms with Crippen molar-refractivity contribution >= 4 is 35.0 Å². The van der Waals surface area contributed by atoms with Crippen LogP contribution in [0.25, 0.3) is 0 Å². The van der Waals surface area contributed by atoms with Crippen LogP contribution in [0.2, 0.25) is 10.0 Å². The average molecular weight is 405 g/mol. The number of rotatable bonds is 5. The minimum atomic E-state index is -0.0233. The molecule has 134 valence electrons. The van der Waals surface area contributed by atoms with Crippen LogP contribution < -0.4 is 0 Å². The van der Waals surface area contributed by atoms with Crippen LogP contribution in [-0.2, 0) is 17.8 Å². The maximum Gasteiger partial charge on any atom is 0.106 e. The number of aromatic nitrogens is 2. The van der Waals surface area contributed by atoms with Crippen molar-refractivity contribution in [3.05, 3.63) is 81.9 Å². The number of ether oxygens (including phenoxy) is 1. The van der Waals surface area contributed by atoms with Gasteiger partial charge in [-0.2, -0.15) is 0 Å². The van der Waals surface area contributed by atoms with Crippen LogP contribution in [0.15, 0.2) is 59.8 Å². The van der Waals surface area contributed by atoms with Gasteiger partial charge in [-0.05, 0) is 23.8 Å². The number of imidazole rings is 1. The van der Waals surface area contributed by atoms with E-state index in [4.69, 9.17) is 27.9 Å². The predicted molar refractivity (Wildman–Crippen MR) is 107 cm³/mol. The number of hydrogen-bond donors (Lipinski definition) is 1. The molecule has 1 aliphatic heterocycles. The van der Waals surface area contributed by atoms with Crippen molar-refractivity contribution in [2.45, 2.75) is 24.0 Å². The lowest BCUT2D eigenvalue weighted by Crippen LogP contribution is -2.25. The highest BCUT2D eigenvalue weighted by molar-refractivity contribution is 7.99. The number of fused-ring (bicyclic) bond motifs is 1. The quantitative estimate of drug-likeness (QED) is 0.571. The van der Waals surface area contributed by atoms with Gasteiger partial charge in [-0.15, -0.1) is 11.8 Å². The molecule has 2 heterocycles. The Morgan fingerprint density at radius 2 is 1.92 bits per heavy atom. The van der Waals surface area contributed by atoms with Crippen molar-refractivity contribution in [3.63, 3.8) is 0 Å². The van der Waals surface area contributed by atoms with E-state index in [1.807, 2.05) is 36.2 Å². The topological polar surface area (TPSA) is 37.9 Å². The first kappa shape index (κ1) is 17.9. The molecule has 1 aliphatic rings. The molecular formula is C20H18Cl2N2OS. The fraction of sp³-hybridized carbons (Fsp3) is 0.250. The predicted octanol–water partition coefficient (Wildman–Crippen LogP) is 5.94. The van der Waals surface area contributed by atoms with Gasteiger partial charge < -0.3 is 9.72 Å². The van der Waals surface area contributed by atoms with E-state index in [9.17, 15) is 0 Å². The van der Waals surface area contributed by atoms with Gasteiger partial charge in [-0.25, -0.2) is 4.98 Å². The molecule has 0 fully saturated rings. The van der Waals surface area contributed by atoms with Crippen LogP contribution in [0.4, 0.5) is 0 Å². The summed E-state index contributed by atoms with van der Waals surface area (Å²) in [5, 5.41) is 1.28. The summed E-state index contributed by atoms with van der Waals surface area (Å²) in [7, 11) is 0. The summed E-state index contributed by atoms with van der Waals surface area (Å²) in [4.78, 5) is 8.86. The SMILES string of the molecule is Clc1cccc(Cl)c1CO[C@@H]1c2ccccc2SC[C@@H]1Cc1ncc[nH]1. The maximum absolute atomic E-state index is 6.39. The van der Waals surface area contributed by atoms with Crippen molar-refractivity contribution in [3.8, 4) is 0 Å². The normalized spacial score (nSPS) is 19.3. The fourth-order valence-electron chi connectivity index (χ4n) is 3.28. The highest BCUT2D eigenvalue weighted by Gasteiger charge is 2.31. The molecule has 0 aliphatic carbocycles. The molecule has 4 rings (SSSR count). The van der Waals surface area contributed by atoms with E-state index in [0.717, 1.165) is 23.6 Å². The number of hydrogen-bond acceptors (Lipinski definition) is 3. The monoisotopic (exact) mass is 404 g/mol. The highest BCUT2D eigenvalue weighted by atomic mass is 35.5. The zero-order valence-corrected chi connectivity index (χ0v) is 16.3. The molecular weight excluding hydrogens is 387 g/mol. The van der Waals surface area contributed by atoms with Gasteiger partial charge in [0.1, 0.15) is 5.82 Å². The van der Waals surface area contributed by atoms with Crippen LogP contribution in [-0.4, -0.2) is 15.7 Å². The Bertz CT molecular complexity index is 865. The number of benzene rings is 2. The summed E-state index contributed by atoms with van der Waals surface area (Å²) in [6.07, 6.45) is 4.47. The summed E-state index contributed by atoms with van der Waals surface area (Å²) < 4.78 is 6.39. The number of nitrogens with one attached hydrogen (secondary N) is 1. The molecule has 0 bridgehead atoms. The third-order valence-corrected chi connectivity index (χ3v) is 6.57. The lowest BCUT2D eigenvalue weighted by Gasteiger charge is -2.33. The lowest BCUT2D eigenvalue weighted by atomic mass is 9.93. The third-order valence-electron chi connectivity index (χ3n) is 4.59. The number of thioether (sulfide) groups is 1. The van der Waals surface area contributed by atoms with Crippen LogP contribution in [0, 0.1) is 5.92 Å². The minimum absolute atomic E-state index is 0.0233. The highest BCUT2D eigenvalue weighted by Crippen LogP contribution is 2.43. The molecule has 3 aromatic rings. The van der Waals surface area contributed by atoms with Gasteiger partial charge in [0.2, 0.25) is 0 Å². The maximum atomic E-state index is 6.39. The first-order valence-corrected chi connectivity index (χ1v) is 10.2. The van der Waals surface area contributed by atoms with Crippen molar-refractivity contribution in [1.82, 2.24) is 9.97 Å². The Morgan fingerprint density at radius 3 is 2.69 bits per heavy atom. The second-order valence-corrected chi connectivity index (χ2v) is 8.16. The van der Waals surface area contributed by atoms with E-state index < -0.39 is 0 Å². The molecule has 0 unspecified atom stereocenters. The van der Waals surface area contributed by atoms with Crippen LogP contribution in [0.3, 0.4) is 0 Å². The van der Waals surface area contributed by atoms with Gasteiger partial charge in [0.25, 0.3) is 0 Å². The molecule has 3 nitrogen and oxygen atoms in total. The third kappa shape index (κ3) is 3.79. The standard InChI is InChI=1S/C20H18Cl2N2OS/c21-16-5-3-6-17(22)15(16)11-25-20-13(10-19-23-8-9-24-19)12-26-18-7-2-1-4-14(18)20/h1-9,13,20H,10-12H2,(H,23,24)/t13-,20-/m0/s1. The van der Waals surface area contributed by atoms with E-state index >= 15 is 0 Å². The molecule has 0 saturated heterocycles. The molecule has 1 aromatic heterocycles. The number of aromatic amines is 1. The summed E-state index contributed by atoms with van der Waals surface area (Å²) in [6.45, 7) is 0.386. The summed E-state index contributed by atoms with van der Waals surface area (Å²) >= 11 is 14.5. The first-order valence-electron chi connectivity index (χ1n) is 8.47. The largest absolute Gasteiger partial charge is 0.368 e. The Balaban J connectivity index is 1.60. The van der Waals surface area contributed by atoms with Gasteiger partial charge in [0.15, 0.2) is 0 Å². The minimum Gasteiger partial charge on any atom is -0.368 e. The van der Waals surface area contributed by atoms with E-state index in [1.165, 1.54) is 10.5 Å². The van der Waals surface area contributed by atoms with Crippen LogP contribution in [0.1, 0.15) is 23.1 Å². The zero-order valence-electron chi connectivity index (χ0n) is 14.0. The van der Waals surface area contributed by atoms with E-state index in [2.05, 4.69) is 34.2 Å². The van der Waals surface area contributed by atoms with E-state index in [0.29, 0.717) is 22.6 Å². The van der Waals surface area contributed by atoms with Crippen LogP contribution in [0.5, 0.6) is 0 Å². The molecule has 6 heteroatoms.